The Labute approximate surface area is 50.0 Å². The summed E-state index contributed by atoms with van der Waals surface area (Å²) in [5, 5.41) is 8.73. The van der Waals surface area contributed by atoms with Crippen molar-refractivity contribution >= 4 is 0 Å². The molecule has 0 rings (SSSR count). The predicted molar refractivity (Wildman–Crippen MR) is 34.5 cm³/mol. The van der Waals surface area contributed by atoms with Gasteiger partial charge in [0.15, 0.2) is 0 Å². The van der Waals surface area contributed by atoms with Gasteiger partial charge in [0.1, 0.15) is 0 Å². The number of aliphatic hydroxyl groups is 1. The molecule has 0 bridgehead atoms. The Morgan fingerprint density at radius 2 is 2.38 bits per heavy atom. The molecule has 0 aliphatic rings. The fraction of sp³-hybridized carbons (Fsp3) is 0.667. The Morgan fingerprint density at radius 3 is 2.50 bits per heavy atom. The largest absolute Gasteiger partial charge is 0.393 e. The summed E-state index contributed by atoms with van der Waals surface area (Å²) in [5.74, 6) is 0. The maximum absolute atomic E-state index is 8.73. The van der Waals surface area contributed by atoms with Gasteiger partial charge in [-0.15, -0.1) is 6.58 Å². The van der Waals surface area contributed by atoms with E-state index in [2.05, 4.69) is 6.58 Å². The fourth-order valence-electron chi connectivity index (χ4n) is 0.490. The minimum atomic E-state index is -0.317. The summed E-state index contributed by atoms with van der Waals surface area (Å²) in [6.45, 7) is 5.19. The summed E-state index contributed by atoms with van der Waals surface area (Å²) < 4.78 is 0. The Morgan fingerprint density at radius 1 is 1.88 bits per heavy atom. The van der Waals surface area contributed by atoms with Crippen molar-refractivity contribution in [1.82, 2.24) is 0 Å². The zero-order valence-corrected chi connectivity index (χ0v) is 5.17. The van der Waals surface area contributed by atoms with Crippen LogP contribution in [0.5, 0.6) is 0 Å². The van der Waals surface area contributed by atoms with Crippen molar-refractivity contribution in [1.29, 1.82) is 0 Å². The van der Waals surface area contributed by atoms with E-state index in [1.54, 1.807) is 13.0 Å². The van der Waals surface area contributed by atoms with Crippen molar-refractivity contribution in [2.45, 2.75) is 25.5 Å². The molecule has 0 radical (unpaired) electrons. The van der Waals surface area contributed by atoms with Crippen LogP contribution in [0.15, 0.2) is 12.7 Å². The van der Waals surface area contributed by atoms with Crippen LogP contribution in [0.3, 0.4) is 0 Å². The molecule has 2 nitrogen and oxygen atoms in total. The van der Waals surface area contributed by atoms with Gasteiger partial charge in [0.25, 0.3) is 0 Å². The number of hydrogen-bond acceptors (Lipinski definition) is 2. The smallest absolute Gasteiger partial charge is 0.0530 e. The third-order valence-corrected chi connectivity index (χ3v) is 0.916. The van der Waals surface area contributed by atoms with E-state index in [4.69, 9.17) is 10.8 Å². The van der Waals surface area contributed by atoms with Crippen LogP contribution in [0.1, 0.15) is 13.3 Å². The molecule has 0 spiro atoms. The molecule has 2 atom stereocenters. The first-order chi connectivity index (χ1) is 3.66. The van der Waals surface area contributed by atoms with Crippen LogP contribution in [0.25, 0.3) is 0 Å². The van der Waals surface area contributed by atoms with Gasteiger partial charge >= 0.3 is 0 Å². The molecule has 0 aromatic heterocycles. The van der Waals surface area contributed by atoms with Gasteiger partial charge in [0.05, 0.1) is 6.10 Å². The number of hydrogen-bond donors (Lipinski definition) is 2. The molecule has 0 saturated carbocycles. The highest BCUT2D eigenvalue weighted by Gasteiger charge is 1.99. The van der Waals surface area contributed by atoms with E-state index in [1.165, 1.54) is 0 Å². The zero-order valence-electron chi connectivity index (χ0n) is 5.17. The average Bonchev–Trinajstić information content (AvgIpc) is 1.65. The zero-order chi connectivity index (χ0) is 6.57. The second-order valence-corrected chi connectivity index (χ2v) is 1.98. The molecule has 0 aromatic carbocycles. The molecule has 0 amide bonds. The van der Waals surface area contributed by atoms with E-state index >= 15 is 0 Å². The van der Waals surface area contributed by atoms with Crippen LogP contribution in [-0.2, 0) is 0 Å². The average molecular weight is 115 g/mol. The van der Waals surface area contributed by atoms with E-state index < -0.39 is 0 Å². The predicted octanol–water partition coefficient (Wildman–Crippen LogP) is 0.271. The number of aliphatic hydroxyl groups excluding tert-OH is 1. The van der Waals surface area contributed by atoms with E-state index in [0.29, 0.717) is 6.42 Å². The second-order valence-electron chi connectivity index (χ2n) is 1.98. The first-order valence-electron chi connectivity index (χ1n) is 2.73. The Hall–Kier alpha value is -0.340. The van der Waals surface area contributed by atoms with Gasteiger partial charge in [-0.3, -0.25) is 0 Å². The van der Waals surface area contributed by atoms with Crippen LogP contribution in [-0.4, -0.2) is 17.3 Å². The summed E-state index contributed by atoms with van der Waals surface area (Å²) in [7, 11) is 0. The quantitative estimate of drug-likeness (QED) is 0.519. The SMILES string of the molecule is C=CC(N)CC(C)O. The lowest BCUT2D eigenvalue weighted by Gasteiger charge is -2.06. The monoisotopic (exact) mass is 115 g/mol. The van der Waals surface area contributed by atoms with Gasteiger partial charge in [-0.05, 0) is 13.3 Å². The normalized spacial score (nSPS) is 17.4. The Kier molecular flexibility index (Phi) is 3.48. The van der Waals surface area contributed by atoms with E-state index in [0.717, 1.165) is 0 Å². The highest BCUT2D eigenvalue weighted by molar-refractivity contribution is 4.82. The first-order valence-corrected chi connectivity index (χ1v) is 2.73. The molecular formula is C6H13NO. The minimum absolute atomic E-state index is 0.0602. The molecule has 2 heteroatoms. The van der Waals surface area contributed by atoms with E-state index in [-0.39, 0.29) is 12.1 Å². The molecule has 0 aliphatic heterocycles. The maximum Gasteiger partial charge on any atom is 0.0530 e. The summed E-state index contributed by atoms with van der Waals surface area (Å²) in [4.78, 5) is 0. The van der Waals surface area contributed by atoms with Crippen molar-refractivity contribution in [2.24, 2.45) is 5.73 Å². The van der Waals surface area contributed by atoms with Gasteiger partial charge in [-0.2, -0.15) is 0 Å². The van der Waals surface area contributed by atoms with Crippen LogP contribution >= 0.6 is 0 Å². The van der Waals surface area contributed by atoms with Crippen molar-refractivity contribution in [3.63, 3.8) is 0 Å². The number of rotatable bonds is 3. The summed E-state index contributed by atoms with van der Waals surface area (Å²) in [6, 6.07) is -0.0602. The van der Waals surface area contributed by atoms with E-state index in [9.17, 15) is 0 Å². The lowest BCUT2D eigenvalue weighted by atomic mass is 10.1. The highest BCUT2D eigenvalue weighted by Crippen LogP contribution is 1.93. The molecule has 8 heavy (non-hydrogen) atoms. The third kappa shape index (κ3) is 3.84. The molecule has 3 N–H and O–H groups in total. The summed E-state index contributed by atoms with van der Waals surface area (Å²) >= 11 is 0. The van der Waals surface area contributed by atoms with Gasteiger partial charge in [-0.25, -0.2) is 0 Å². The summed E-state index contributed by atoms with van der Waals surface area (Å²) in [6.07, 6.45) is 1.92. The van der Waals surface area contributed by atoms with Crippen LogP contribution < -0.4 is 5.73 Å². The third-order valence-electron chi connectivity index (χ3n) is 0.916. The van der Waals surface area contributed by atoms with Crippen molar-refractivity contribution in [3.05, 3.63) is 12.7 Å². The second kappa shape index (κ2) is 3.64. The van der Waals surface area contributed by atoms with E-state index in [1.807, 2.05) is 0 Å². The van der Waals surface area contributed by atoms with Crippen LogP contribution in [0.2, 0.25) is 0 Å². The first kappa shape index (κ1) is 7.66. The summed E-state index contributed by atoms with van der Waals surface area (Å²) in [5.41, 5.74) is 5.40. The molecule has 48 valence electrons. The van der Waals surface area contributed by atoms with Crippen LogP contribution in [0.4, 0.5) is 0 Å². The van der Waals surface area contributed by atoms with Gasteiger partial charge < -0.3 is 10.8 Å². The van der Waals surface area contributed by atoms with Gasteiger partial charge in [0, 0.05) is 6.04 Å². The van der Waals surface area contributed by atoms with Crippen molar-refractivity contribution in [2.75, 3.05) is 0 Å². The van der Waals surface area contributed by atoms with Gasteiger partial charge in [-0.1, -0.05) is 6.08 Å². The maximum atomic E-state index is 8.73. The molecule has 0 fully saturated rings. The molecule has 2 unspecified atom stereocenters. The lowest BCUT2D eigenvalue weighted by Crippen LogP contribution is -2.21. The Bertz CT molecular complexity index is 70.9. The molecule has 0 heterocycles. The topological polar surface area (TPSA) is 46.2 Å². The fourth-order valence-corrected chi connectivity index (χ4v) is 0.490. The molecule has 0 saturated heterocycles. The van der Waals surface area contributed by atoms with Gasteiger partial charge in [0.2, 0.25) is 0 Å². The Balaban J connectivity index is 3.23. The van der Waals surface area contributed by atoms with Crippen LogP contribution in [0, 0.1) is 0 Å². The standard InChI is InChI=1S/C6H13NO/c1-3-6(7)4-5(2)8/h3,5-6,8H,1,4,7H2,2H3. The molecular weight excluding hydrogens is 102 g/mol. The number of nitrogens with two attached hydrogens (primary N) is 1. The lowest BCUT2D eigenvalue weighted by molar-refractivity contribution is 0.180. The minimum Gasteiger partial charge on any atom is -0.393 e. The molecule has 0 aromatic rings. The molecule has 0 aliphatic carbocycles. The van der Waals surface area contributed by atoms with Crippen molar-refractivity contribution < 1.29 is 5.11 Å². The van der Waals surface area contributed by atoms with Crippen molar-refractivity contribution in [3.8, 4) is 0 Å². The highest BCUT2D eigenvalue weighted by atomic mass is 16.3.